The second-order valence-corrected chi connectivity index (χ2v) is 4.50. The van der Waals surface area contributed by atoms with Crippen LogP contribution in [0.1, 0.15) is 5.76 Å². The van der Waals surface area contributed by atoms with Gasteiger partial charge in [-0.3, -0.25) is 4.79 Å². The lowest BCUT2D eigenvalue weighted by molar-refractivity contribution is -0.116. The third-order valence-corrected chi connectivity index (χ3v) is 2.77. The normalized spacial score (nSPS) is 10.5. The van der Waals surface area contributed by atoms with Crippen molar-refractivity contribution in [2.45, 2.75) is 13.5 Å². The highest BCUT2D eigenvalue weighted by Gasteiger charge is 2.09. The van der Waals surface area contributed by atoms with Gasteiger partial charge in [-0.25, -0.2) is 9.67 Å². The van der Waals surface area contributed by atoms with E-state index in [4.69, 9.17) is 4.52 Å². The molecule has 2 heterocycles. The van der Waals surface area contributed by atoms with Gasteiger partial charge in [0.1, 0.15) is 18.6 Å². The Morgan fingerprint density at radius 1 is 1.33 bits per heavy atom. The number of anilines is 1. The van der Waals surface area contributed by atoms with Gasteiger partial charge in [0.15, 0.2) is 11.6 Å². The van der Waals surface area contributed by atoms with Gasteiger partial charge in [-0.1, -0.05) is 35.5 Å². The highest BCUT2D eigenvalue weighted by molar-refractivity contribution is 5.89. The number of nitrogens with one attached hydrogen (secondary N) is 1. The van der Waals surface area contributed by atoms with Crippen molar-refractivity contribution in [3.05, 3.63) is 48.5 Å². The Bertz CT molecular complexity index is 748. The topological polar surface area (TPSA) is 85.8 Å². The Balaban J connectivity index is 1.66. The first-order chi connectivity index (χ1) is 10.2. The van der Waals surface area contributed by atoms with E-state index in [0.29, 0.717) is 17.4 Å². The second kappa shape index (κ2) is 5.58. The van der Waals surface area contributed by atoms with E-state index in [9.17, 15) is 4.79 Å². The number of nitrogens with zero attached hydrogens (tertiary/aromatic N) is 4. The molecule has 0 spiro atoms. The largest absolute Gasteiger partial charge is 0.360 e. The molecule has 0 fully saturated rings. The van der Waals surface area contributed by atoms with Crippen molar-refractivity contribution in [2.75, 3.05) is 5.32 Å². The summed E-state index contributed by atoms with van der Waals surface area (Å²) in [5.41, 5.74) is 0.906. The first-order valence-electron chi connectivity index (χ1n) is 6.39. The molecule has 7 heteroatoms. The van der Waals surface area contributed by atoms with Crippen LogP contribution in [0.25, 0.3) is 11.4 Å². The standard InChI is InChI=1S/C14H13N5O2/c1-10-7-12(18-21-10)16-13(20)8-19-9-15-14(17-19)11-5-3-2-4-6-11/h2-7,9H,8H2,1H3,(H,16,18,20). The smallest absolute Gasteiger partial charge is 0.247 e. The van der Waals surface area contributed by atoms with Crippen molar-refractivity contribution in [1.29, 1.82) is 0 Å². The summed E-state index contributed by atoms with van der Waals surface area (Å²) < 4.78 is 6.35. The first-order valence-corrected chi connectivity index (χ1v) is 6.39. The summed E-state index contributed by atoms with van der Waals surface area (Å²) in [6.07, 6.45) is 1.52. The van der Waals surface area contributed by atoms with Crippen molar-refractivity contribution < 1.29 is 9.32 Å². The summed E-state index contributed by atoms with van der Waals surface area (Å²) in [6, 6.07) is 11.2. The predicted octanol–water partition coefficient (Wildman–Crippen LogP) is 1.88. The van der Waals surface area contributed by atoms with Gasteiger partial charge in [-0.15, -0.1) is 0 Å². The molecule has 7 nitrogen and oxygen atoms in total. The fraction of sp³-hybridized carbons (Fsp3) is 0.143. The van der Waals surface area contributed by atoms with E-state index in [1.165, 1.54) is 11.0 Å². The number of benzene rings is 1. The number of hydrogen-bond donors (Lipinski definition) is 1. The van der Waals surface area contributed by atoms with Crippen molar-refractivity contribution in [1.82, 2.24) is 19.9 Å². The maximum Gasteiger partial charge on any atom is 0.247 e. The Labute approximate surface area is 120 Å². The Morgan fingerprint density at radius 3 is 2.86 bits per heavy atom. The zero-order chi connectivity index (χ0) is 14.7. The van der Waals surface area contributed by atoms with Crippen molar-refractivity contribution >= 4 is 11.7 Å². The number of aryl methyl sites for hydroxylation is 1. The second-order valence-electron chi connectivity index (χ2n) is 4.50. The molecule has 0 saturated carbocycles. The van der Waals surface area contributed by atoms with Crippen LogP contribution in [0.2, 0.25) is 0 Å². The van der Waals surface area contributed by atoms with Gasteiger partial charge in [-0.05, 0) is 6.92 Å². The summed E-state index contributed by atoms with van der Waals surface area (Å²) in [6.45, 7) is 1.82. The van der Waals surface area contributed by atoms with Gasteiger partial charge in [0.25, 0.3) is 0 Å². The highest BCUT2D eigenvalue weighted by Crippen LogP contribution is 2.13. The van der Waals surface area contributed by atoms with Crippen molar-refractivity contribution in [2.24, 2.45) is 0 Å². The molecule has 0 radical (unpaired) electrons. The fourth-order valence-electron chi connectivity index (χ4n) is 1.85. The van der Waals surface area contributed by atoms with Crippen LogP contribution >= 0.6 is 0 Å². The monoisotopic (exact) mass is 283 g/mol. The molecule has 0 aliphatic carbocycles. The molecule has 106 valence electrons. The number of aromatic nitrogens is 4. The number of carbonyl (C=O) groups excluding carboxylic acids is 1. The van der Waals surface area contributed by atoms with Gasteiger partial charge >= 0.3 is 0 Å². The Hall–Kier alpha value is -2.96. The van der Waals surface area contributed by atoms with E-state index in [1.54, 1.807) is 13.0 Å². The average molecular weight is 283 g/mol. The van der Waals surface area contributed by atoms with Crippen LogP contribution in [0.5, 0.6) is 0 Å². The Morgan fingerprint density at radius 2 is 2.14 bits per heavy atom. The lowest BCUT2D eigenvalue weighted by Gasteiger charge is -2.00. The van der Waals surface area contributed by atoms with E-state index in [0.717, 1.165) is 5.56 Å². The van der Waals surface area contributed by atoms with Gasteiger partial charge < -0.3 is 9.84 Å². The SMILES string of the molecule is Cc1cc(NC(=O)Cn2cnc(-c3ccccc3)n2)no1. The molecule has 0 atom stereocenters. The number of hydrogen-bond acceptors (Lipinski definition) is 5. The highest BCUT2D eigenvalue weighted by atomic mass is 16.5. The maximum absolute atomic E-state index is 11.9. The fourth-order valence-corrected chi connectivity index (χ4v) is 1.85. The molecule has 1 amide bonds. The first kappa shape index (κ1) is 13.0. The molecule has 2 aromatic heterocycles. The van der Waals surface area contributed by atoms with Crippen LogP contribution in [0.4, 0.5) is 5.82 Å². The molecule has 1 N–H and O–H groups in total. The van der Waals surface area contributed by atoms with Crippen LogP contribution < -0.4 is 5.32 Å². The molecule has 0 saturated heterocycles. The molecular formula is C14H13N5O2. The van der Waals surface area contributed by atoms with Crippen LogP contribution in [0.3, 0.4) is 0 Å². The molecule has 0 bridgehead atoms. The molecule has 0 aliphatic rings. The molecule has 0 aliphatic heterocycles. The molecule has 3 rings (SSSR count). The Kier molecular flexibility index (Phi) is 3.46. The van der Waals surface area contributed by atoms with Gasteiger partial charge in [0.05, 0.1) is 0 Å². The zero-order valence-corrected chi connectivity index (χ0v) is 11.4. The lowest BCUT2D eigenvalue weighted by atomic mass is 10.2. The van der Waals surface area contributed by atoms with Crippen molar-refractivity contribution in [3.63, 3.8) is 0 Å². The minimum absolute atomic E-state index is 0.0613. The number of rotatable bonds is 4. The summed E-state index contributed by atoms with van der Waals surface area (Å²) in [5.74, 6) is 1.37. The van der Waals surface area contributed by atoms with Gasteiger partial charge in [-0.2, -0.15) is 5.10 Å². The number of carbonyl (C=O) groups is 1. The lowest BCUT2D eigenvalue weighted by Crippen LogP contribution is -2.19. The summed E-state index contributed by atoms with van der Waals surface area (Å²) in [5, 5.41) is 10.6. The van der Waals surface area contributed by atoms with E-state index < -0.39 is 0 Å². The van der Waals surface area contributed by atoms with E-state index in [2.05, 4.69) is 20.6 Å². The molecule has 3 aromatic rings. The zero-order valence-electron chi connectivity index (χ0n) is 11.4. The molecule has 21 heavy (non-hydrogen) atoms. The predicted molar refractivity (Wildman–Crippen MR) is 75.3 cm³/mol. The summed E-state index contributed by atoms with van der Waals surface area (Å²) >= 11 is 0. The summed E-state index contributed by atoms with van der Waals surface area (Å²) in [7, 11) is 0. The van der Waals surface area contributed by atoms with E-state index in [1.807, 2.05) is 30.3 Å². The van der Waals surface area contributed by atoms with Crippen LogP contribution in [0.15, 0.2) is 47.2 Å². The average Bonchev–Trinajstić information content (AvgIpc) is 3.09. The van der Waals surface area contributed by atoms with E-state index >= 15 is 0 Å². The molecular weight excluding hydrogens is 270 g/mol. The minimum Gasteiger partial charge on any atom is -0.360 e. The summed E-state index contributed by atoms with van der Waals surface area (Å²) in [4.78, 5) is 16.0. The van der Waals surface area contributed by atoms with Crippen LogP contribution in [-0.4, -0.2) is 25.8 Å². The third kappa shape index (κ3) is 3.14. The van der Waals surface area contributed by atoms with Crippen LogP contribution in [-0.2, 0) is 11.3 Å². The molecule has 0 unspecified atom stereocenters. The minimum atomic E-state index is -0.243. The maximum atomic E-state index is 11.9. The van der Waals surface area contributed by atoms with E-state index in [-0.39, 0.29) is 12.5 Å². The molecule has 1 aromatic carbocycles. The van der Waals surface area contributed by atoms with Gasteiger partial charge in [0, 0.05) is 11.6 Å². The third-order valence-electron chi connectivity index (χ3n) is 2.77. The van der Waals surface area contributed by atoms with Crippen molar-refractivity contribution in [3.8, 4) is 11.4 Å². The number of amides is 1. The quantitative estimate of drug-likeness (QED) is 0.790. The van der Waals surface area contributed by atoms with Crippen LogP contribution in [0, 0.1) is 6.92 Å². The van der Waals surface area contributed by atoms with Gasteiger partial charge in [0.2, 0.25) is 5.91 Å².